The van der Waals surface area contributed by atoms with Gasteiger partial charge in [0.05, 0.1) is 4.92 Å². The van der Waals surface area contributed by atoms with Gasteiger partial charge in [0.2, 0.25) is 0 Å². The molecule has 0 aromatic heterocycles. The van der Waals surface area contributed by atoms with Gasteiger partial charge >= 0.3 is 0 Å². The molecule has 0 saturated heterocycles. The van der Waals surface area contributed by atoms with E-state index in [1.807, 2.05) is 0 Å². The van der Waals surface area contributed by atoms with Gasteiger partial charge in [0.15, 0.2) is 0 Å². The molecule has 0 bridgehead atoms. The summed E-state index contributed by atoms with van der Waals surface area (Å²) in [6, 6.07) is 4.19. The summed E-state index contributed by atoms with van der Waals surface area (Å²) >= 11 is 0. The number of nitrogens with zero attached hydrogens (tertiary/aromatic N) is 1. The summed E-state index contributed by atoms with van der Waals surface area (Å²) in [6.45, 7) is 2.75. The van der Waals surface area contributed by atoms with E-state index in [4.69, 9.17) is 5.84 Å². The van der Waals surface area contributed by atoms with Crippen LogP contribution in [-0.4, -0.2) is 17.4 Å². The zero-order chi connectivity index (χ0) is 15.5. The van der Waals surface area contributed by atoms with Gasteiger partial charge in [-0.15, -0.1) is 0 Å². The average molecular weight is 292 g/mol. The second-order valence-corrected chi connectivity index (χ2v) is 5.83. The number of carbonyl (C=O) groups excluding carboxylic acids is 1. The maximum Gasteiger partial charge on any atom is 0.294 e. The van der Waals surface area contributed by atoms with Crippen LogP contribution in [0.3, 0.4) is 0 Å². The highest BCUT2D eigenvalue weighted by Gasteiger charge is 2.29. The van der Waals surface area contributed by atoms with Crippen LogP contribution in [0, 0.1) is 15.5 Å². The molecule has 4 N–H and O–H groups in total. The van der Waals surface area contributed by atoms with E-state index in [0.29, 0.717) is 6.54 Å². The van der Waals surface area contributed by atoms with E-state index in [2.05, 4.69) is 17.7 Å². The topological polar surface area (TPSA) is 110 Å². The summed E-state index contributed by atoms with van der Waals surface area (Å²) in [6.07, 6.45) is 4.58. The van der Waals surface area contributed by atoms with Crippen LogP contribution in [0.15, 0.2) is 18.2 Å². The van der Waals surface area contributed by atoms with Crippen LogP contribution in [0.2, 0.25) is 0 Å². The van der Waals surface area contributed by atoms with Crippen molar-refractivity contribution in [2.24, 2.45) is 11.3 Å². The van der Waals surface area contributed by atoms with E-state index >= 15 is 0 Å². The SMILES string of the molecule is CC1(CNC(=O)c2ccc(NN)c([N+](=O)[O-])c2)CCCC1. The largest absolute Gasteiger partial charge is 0.351 e. The lowest BCUT2D eigenvalue weighted by atomic mass is 9.89. The summed E-state index contributed by atoms with van der Waals surface area (Å²) in [5.74, 6) is 4.92. The number of amides is 1. The molecule has 1 aliphatic carbocycles. The fraction of sp³-hybridized carbons (Fsp3) is 0.500. The molecular weight excluding hydrogens is 272 g/mol. The highest BCUT2D eigenvalue weighted by atomic mass is 16.6. The number of carbonyl (C=O) groups is 1. The Morgan fingerprint density at radius 1 is 1.43 bits per heavy atom. The minimum Gasteiger partial charge on any atom is -0.351 e. The summed E-state index contributed by atoms with van der Waals surface area (Å²) in [5, 5.41) is 13.8. The monoisotopic (exact) mass is 292 g/mol. The number of nitro groups is 1. The standard InChI is InChI=1S/C14H20N4O3/c1-14(6-2-3-7-14)9-16-13(19)10-4-5-11(17-15)12(8-10)18(20)21/h4-5,8,17H,2-3,6-7,9,15H2,1H3,(H,16,19). The van der Waals surface area contributed by atoms with Gasteiger partial charge in [-0.05, 0) is 30.4 Å². The molecule has 0 atom stereocenters. The Bertz CT molecular complexity index is 553. The van der Waals surface area contributed by atoms with E-state index in [1.54, 1.807) is 0 Å². The van der Waals surface area contributed by atoms with Crippen LogP contribution in [0.1, 0.15) is 43.0 Å². The zero-order valence-electron chi connectivity index (χ0n) is 12.0. The molecule has 1 aromatic carbocycles. The number of anilines is 1. The molecule has 0 aliphatic heterocycles. The van der Waals surface area contributed by atoms with Crippen molar-refractivity contribution in [1.29, 1.82) is 0 Å². The number of rotatable bonds is 5. The van der Waals surface area contributed by atoms with Crippen molar-refractivity contribution in [1.82, 2.24) is 5.32 Å². The molecule has 2 rings (SSSR count). The third-order valence-electron chi connectivity index (χ3n) is 4.10. The Balaban J connectivity index is 2.08. The molecule has 114 valence electrons. The highest BCUT2D eigenvalue weighted by Crippen LogP contribution is 2.36. The van der Waals surface area contributed by atoms with E-state index in [1.165, 1.54) is 31.0 Å². The molecule has 0 heterocycles. The van der Waals surface area contributed by atoms with Gasteiger partial charge < -0.3 is 10.7 Å². The number of nitrogens with one attached hydrogen (secondary N) is 2. The van der Waals surface area contributed by atoms with E-state index in [0.717, 1.165) is 12.8 Å². The third kappa shape index (κ3) is 3.49. The molecular formula is C14H20N4O3. The fourth-order valence-corrected chi connectivity index (χ4v) is 2.75. The van der Waals surface area contributed by atoms with Crippen LogP contribution in [-0.2, 0) is 0 Å². The quantitative estimate of drug-likeness (QED) is 0.437. The molecule has 0 radical (unpaired) electrons. The predicted octanol–water partition coefficient (Wildman–Crippen LogP) is 2.19. The zero-order valence-corrected chi connectivity index (χ0v) is 12.0. The van der Waals surface area contributed by atoms with E-state index in [-0.39, 0.29) is 28.3 Å². The molecule has 0 unspecified atom stereocenters. The molecule has 1 aromatic rings. The van der Waals surface area contributed by atoms with Gasteiger partial charge in [0.25, 0.3) is 11.6 Å². The third-order valence-corrected chi connectivity index (χ3v) is 4.10. The second-order valence-electron chi connectivity index (χ2n) is 5.83. The van der Waals surface area contributed by atoms with Gasteiger partial charge in [-0.25, -0.2) is 0 Å². The lowest BCUT2D eigenvalue weighted by molar-refractivity contribution is -0.384. The smallest absolute Gasteiger partial charge is 0.294 e. The molecule has 1 fully saturated rings. The molecule has 1 amide bonds. The van der Waals surface area contributed by atoms with Crippen molar-refractivity contribution in [3.8, 4) is 0 Å². The van der Waals surface area contributed by atoms with Crippen LogP contribution < -0.4 is 16.6 Å². The molecule has 7 nitrogen and oxygen atoms in total. The van der Waals surface area contributed by atoms with Gasteiger partial charge in [-0.2, -0.15) is 0 Å². The number of nitrogen functional groups attached to an aromatic ring is 1. The maximum absolute atomic E-state index is 12.1. The maximum atomic E-state index is 12.1. The Morgan fingerprint density at radius 3 is 2.67 bits per heavy atom. The molecule has 0 spiro atoms. The van der Waals surface area contributed by atoms with Gasteiger partial charge in [-0.3, -0.25) is 20.8 Å². The Labute approximate surface area is 123 Å². The first-order valence-electron chi connectivity index (χ1n) is 6.98. The van der Waals surface area contributed by atoms with Crippen molar-refractivity contribution < 1.29 is 9.72 Å². The van der Waals surface area contributed by atoms with Gasteiger partial charge in [-0.1, -0.05) is 19.8 Å². The number of hydrazine groups is 1. The van der Waals surface area contributed by atoms with Crippen molar-refractivity contribution >= 4 is 17.3 Å². The van der Waals surface area contributed by atoms with E-state index < -0.39 is 4.92 Å². The minimum atomic E-state index is -0.565. The Kier molecular flexibility index (Phi) is 4.42. The Morgan fingerprint density at radius 2 is 2.10 bits per heavy atom. The van der Waals surface area contributed by atoms with Crippen molar-refractivity contribution in [2.75, 3.05) is 12.0 Å². The van der Waals surface area contributed by atoms with Crippen LogP contribution in [0.25, 0.3) is 0 Å². The molecule has 1 saturated carbocycles. The highest BCUT2D eigenvalue weighted by molar-refractivity contribution is 5.95. The van der Waals surface area contributed by atoms with Crippen LogP contribution in [0.5, 0.6) is 0 Å². The van der Waals surface area contributed by atoms with Gasteiger partial charge in [0.1, 0.15) is 5.69 Å². The summed E-state index contributed by atoms with van der Waals surface area (Å²) < 4.78 is 0. The number of nitro benzene ring substituents is 1. The normalized spacial score (nSPS) is 16.5. The fourth-order valence-electron chi connectivity index (χ4n) is 2.75. The van der Waals surface area contributed by atoms with Crippen LogP contribution >= 0.6 is 0 Å². The van der Waals surface area contributed by atoms with Crippen LogP contribution in [0.4, 0.5) is 11.4 Å². The summed E-state index contributed by atoms with van der Waals surface area (Å²) in [5.41, 5.74) is 2.63. The second kappa shape index (κ2) is 6.09. The average Bonchev–Trinajstić information content (AvgIpc) is 2.91. The first kappa shape index (κ1) is 15.2. The number of hydrogen-bond acceptors (Lipinski definition) is 5. The number of hydrogen-bond donors (Lipinski definition) is 3. The van der Waals surface area contributed by atoms with Crippen molar-refractivity contribution in [2.45, 2.75) is 32.6 Å². The molecule has 21 heavy (non-hydrogen) atoms. The first-order valence-corrected chi connectivity index (χ1v) is 6.98. The number of benzene rings is 1. The molecule has 7 heteroatoms. The summed E-state index contributed by atoms with van der Waals surface area (Å²) in [4.78, 5) is 22.5. The van der Waals surface area contributed by atoms with Crippen molar-refractivity contribution in [3.63, 3.8) is 0 Å². The predicted molar refractivity (Wildman–Crippen MR) is 79.8 cm³/mol. The number of nitrogens with two attached hydrogens (primary N) is 1. The lowest BCUT2D eigenvalue weighted by Crippen LogP contribution is -2.34. The summed E-state index contributed by atoms with van der Waals surface area (Å²) in [7, 11) is 0. The lowest BCUT2D eigenvalue weighted by Gasteiger charge is -2.23. The van der Waals surface area contributed by atoms with Crippen molar-refractivity contribution in [3.05, 3.63) is 33.9 Å². The minimum absolute atomic E-state index is 0.139. The first-order chi connectivity index (χ1) is 9.95. The Hall–Kier alpha value is -2.15. The molecule has 1 aliphatic rings. The van der Waals surface area contributed by atoms with E-state index in [9.17, 15) is 14.9 Å². The van der Waals surface area contributed by atoms with Gasteiger partial charge in [0, 0.05) is 18.2 Å².